The topological polar surface area (TPSA) is 188 Å². The third kappa shape index (κ3) is 13.4. The Morgan fingerprint density at radius 1 is 0.829 bits per heavy atom. The molecule has 0 spiro atoms. The summed E-state index contributed by atoms with van der Waals surface area (Å²) in [7, 11) is -1.28. The number of ether oxygens (including phenoxy) is 4. The Morgan fingerprint density at radius 3 is 1.96 bits per heavy atom. The fraction of sp³-hybridized carbons (Fsp3) is 0.439. The number of hydrogen-bond donors (Lipinski definition) is 1. The Bertz CT molecular complexity index is 2860. The van der Waals surface area contributed by atoms with Gasteiger partial charge >= 0.3 is 370 Å². The van der Waals surface area contributed by atoms with Gasteiger partial charge in [-0.1, -0.05) is 18.2 Å². The van der Waals surface area contributed by atoms with Crippen LogP contribution in [-0.4, -0.2) is 118 Å². The normalized spacial score (nSPS) is 17.5. The SMILES string of the molecule is COc1ccc(C(OC[C@H]2O[C@@H](n3cnc4c([Se]CCC#N)nc(NCC(=O)c5ccccc5)nc43)[C@H](O[Si](C)(C)C(C)(C)C)[C@@H]2OP(OCCC#N)N(C(C)C)C(C)C)(c2ccccc2)c2ccc(OC)cc2)cc1. The molecule has 1 unspecified atom stereocenters. The first-order valence-electron chi connectivity index (χ1n) is 25.6. The van der Waals surface area contributed by atoms with E-state index in [0.717, 1.165) is 16.7 Å². The molecule has 1 aliphatic heterocycles. The molecule has 1 saturated heterocycles. The minimum Gasteiger partial charge on any atom is -0.497 e. The summed E-state index contributed by atoms with van der Waals surface area (Å²) < 4.78 is 53.0. The van der Waals surface area contributed by atoms with Gasteiger partial charge in [0.05, 0.1) is 20.3 Å². The Hall–Kier alpha value is -5.59. The van der Waals surface area contributed by atoms with Gasteiger partial charge in [-0.2, -0.15) is 5.26 Å². The Balaban J connectivity index is 1.43. The maximum absolute atomic E-state index is 13.4. The van der Waals surface area contributed by atoms with Crippen LogP contribution < -0.4 is 19.4 Å². The van der Waals surface area contributed by atoms with Crippen molar-refractivity contribution in [1.29, 1.82) is 10.5 Å². The van der Waals surface area contributed by atoms with Gasteiger partial charge in [-0.3, -0.25) is 0 Å². The van der Waals surface area contributed by atoms with E-state index in [4.69, 9.17) is 47.4 Å². The molecule has 4 aromatic carbocycles. The van der Waals surface area contributed by atoms with Gasteiger partial charge in [0.25, 0.3) is 0 Å². The van der Waals surface area contributed by atoms with Crippen LogP contribution in [0.1, 0.15) is 94.6 Å². The molecule has 1 aliphatic rings. The fourth-order valence-corrected chi connectivity index (χ4v) is 13.6. The maximum atomic E-state index is 13.4. The van der Waals surface area contributed by atoms with E-state index < -0.39 is 47.0 Å². The van der Waals surface area contributed by atoms with Crippen molar-refractivity contribution >= 4 is 59.3 Å². The first-order chi connectivity index (χ1) is 36.5. The zero-order valence-corrected chi connectivity index (χ0v) is 49.0. The number of nitrogens with zero attached hydrogens (tertiary/aromatic N) is 7. The molecule has 16 nitrogen and oxygen atoms in total. The van der Waals surface area contributed by atoms with Gasteiger partial charge in [-0.15, -0.1) is 0 Å². The number of nitrogens with one attached hydrogen (secondary N) is 1. The van der Waals surface area contributed by atoms with E-state index in [9.17, 15) is 15.3 Å². The van der Waals surface area contributed by atoms with Crippen molar-refractivity contribution in [2.45, 2.75) is 127 Å². The molecular weight excluding hydrogens is 1060 g/mol. The smallest absolute Gasteiger partial charge is 0.497 e. The number of carbonyl (C=O) groups excluding carboxylic acids is 1. The first kappa shape index (κ1) is 58.1. The van der Waals surface area contributed by atoms with Crippen LogP contribution in [0.4, 0.5) is 5.95 Å². The number of hydrogen-bond acceptors (Lipinski definition) is 15. The summed E-state index contributed by atoms with van der Waals surface area (Å²) >= 11 is -0.275. The molecular formula is C57H71N8O8PSeSi. The number of methoxy groups -OCH3 is 2. The van der Waals surface area contributed by atoms with Gasteiger partial charge in [-0.05, 0) is 24.3 Å². The Kier molecular flexibility index (Phi) is 20.0. The molecule has 5 atom stereocenters. The van der Waals surface area contributed by atoms with Gasteiger partial charge < -0.3 is 9.47 Å². The molecule has 402 valence electrons. The van der Waals surface area contributed by atoms with Crippen LogP contribution in [-0.2, 0) is 28.5 Å². The molecule has 3 heterocycles. The van der Waals surface area contributed by atoms with E-state index in [1.165, 1.54) is 0 Å². The Morgan fingerprint density at radius 2 is 1.41 bits per heavy atom. The molecule has 0 bridgehead atoms. The molecule has 0 radical (unpaired) electrons. The van der Waals surface area contributed by atoms with Gasteiger partial charge in [-0.25, -0.2) is 0 Å². The molecule has 7 rings (SSSR count). The molecule has 0 aliphatic carbocycles. The van der Waals surface area contributed by atoms with E-state index in [2.05, 4.69) is 95.8 Å². The second kappa shape index (κ2) is 26.2. The second-order valence-electron chi connectivity index (χ2n) is 20.4. The number of nitriles is 2. The van der Waals surface area contributed by atoms with Crippen molar-refractivity contribution < 1.29 is 37.2 Å². The van der Waals surface area contributed by atoms with Crippen LogP contribution in [0, 0.1) is 22.7 Å². The van der Waals surface area contributed by atoms with Crippen LogP contribution in [0.3, 0.4) is 0 Å². The van der Waals surface area contributed by atoms with Crippen LogP contribution in [0.15, 0.2) is 116 Å². The summed E-state index contributed by atoms with van der Waals surface area (Å²) in [4.78, 5) is 28.4. The molecule has 6 aromatic rings. The summed E-state index contributed by atoms with van der Waals surface area (Å²) in [6, 6.07) is 39.4. The number of ketones is 1. The average molecular weight is 1130 g/mol. The van der Waals surface area contributed by atoms with Crippen molar-refractivity contribution in [2.24, 2.45) is 0 Å². The van der Waals surface area contributed by atoms with Gasteiger partial charge in [0.1, 0.15) is 11.5 Å². The zero-order valence-electron chi connectivity index (χ0n) is 45.4. The average Bonchev–Trinajstić information content (AvgIpc) is 3.99. The van der Waals surface area contributed by atoms with Gasteiger partial charge in [0.2, 0.25) is 0 Å². The number of benzene rings is 4. The molecule has 2 aromatic heterocycles. The zero-order chi connectivity index (χ0) is 54.6. The van der Waals surface area contributed by atoms with Gasteiger partial charge in [0.15, 0.2) is 0 Å². The summed E-state index contributed by atoms with van der Waals surface area (Å²) in [5.74, 6) is 1.50. The predicted molar refractivity (Wildman–Crippen MR) is 299 cm³/mol. The Labute approximate surface area is 456 Å². The summed E-state index contributed by atoms with van der Waals surface area (Å²) in [6.45, 7) is 19.5. The summed E-state index contributed by atoms with van der Waals surface area (Å²) in [5.41, 5.74) is 2.91. The number of rotatable bonds is 26. The molecule has 0 saturated carbocycles. The van der Waals surface area contributed by atoms with Crippen molar-refractivity contribution in [3.63, 3.8) is 0 Å². The number of Topliss-reactive ketones (excluding diaryl/α,β-unsaturated/α-hetero) is 1. The third-order valence-corrected chi connectivity index (χ3v) is 22.3. The van der Waals surface area contributed by atoms with Crippen LogP contribution in [0.5, 0.6) is 11.5 Å². The molecule has 1 fully saturated rings. The van der Waals surface area contributed by atoms with Crippen LogP contribution >= 0.6 is 8.53 Å². The summed E-state index contributed by atoms with van der Waals surface area (Å²) in [6.07, 6.45) is -1.15. The molecule has 76 heavy (non-hydrogen) atoms. The predicted octanol–water partition coefficient (Wildman–Crippen LogP) is 10.8. The monoisotopic (exact) mass is 1130 g/mol. The van der Waals surface area contributed by atoms with Crippen molar-refractivity contribution in [1.82, 2.24) is 24.2 Å². The van der Waals surface area contributed by atoms with E-state index >= 15 is 0 Å². The van der Waals surface area contributed by atoms with Crippen molar-refractivity contribution in [3.05, 3.63) is 138 Å². The van der Waals surface area contributed by atoms with Gasteiger partial charge in [0, 0.05) is 0 Å². The standard InChI is InChI=1S/C57H71N8O8PSeSi/c1-39(2)65(40(3)4)74(70-34-18-32-58)72-50-48(37-69-57(42-22-16-13-17-23-42,43-24-28-45(67-8)29-25-43)44-26-30-46(68-9)31-27-44)71-54(51(50)73-76(10,11)56(5,6)7)64-38-61-49-52(64)62-55(63-53(49)75-35-19-33-59)60-36-47(66)41-20-14-12-15-21-41/h12-17,20-31,38-40,48,50-51,54H,18-19,34-37H2,1-11H3,(H,60,62,63)/t48-,50-,51-,54-,74?/m1/s1. The van der Waals surface area contributed by atoms with E-state index in [0.29, 0.717) is 44.6 Å². The second-order valence-corrected chi connectivity index (χ2v) is 28.9. The van der Waals surface area contributed by atoms with E-state index in [1.54, 1.807) is 32.7 Å². The number of aromatic nitrogens is 4. The number of anilines is 1. The molecule has 1 N–H and O–H groups in total. The quantitative estimate of drug-likeness (QED) is 0.0177. The third-order valence-electron chi connectivity index (χ3n) is 13.7. The fourth-order valence-electron chi connectivity index (χ4n) is 8.85. The van der Waals surface area contributed by atoms with E-state index in [1.807, 2.05) is 89.5 Å². The minimum atomic E-state index is -2.71. The van der Waals surface area contributed by atoms with Crippen molar-refractivity contribution in [3.8, 4) is 23.6 Å². The number of imidazole rings is 1. The van der Waals surface area contributed by atoms with E-state index in [-0.39, 0.29) is 70.0 Å². The van der Waals surface area contributed by atoms with Crippen LogP contribution in [0.2, 0.25) is 23.5 Å². The molecule has 19 heteroatoms. The molecule has 0 amide bonds. The number of fused-ring (bicyclic) bond motifs is 1. The number of carbonyl (C=O) groups is 1. The van der Waals surface area contributed by atoms with Crippen LogP contribution in [0.25, 0.3) is 11.2 Å². The van der Waals surface area contributed by atoms with Crippen molar-refractivity contribution in [2.75, 3.05) is 39.3 Å². The summed E-state index contributed by atoms with van der Waals surface area (Å²) in [5, 5.41) is 22.9. The minimum absolute atomic E-state index is 0.00744. The first-order valence-corrected chi connectivity index (χ1v) is 31.7.